The molecule has 3 aliphatic heterocycles. The maximum atomic E-state index is 15.4. The number of rotatable bonds is 12. The fourth-order valence-corrected chi connectivity index (χ4v) is 8.18. The molecular weight excluding hydrogens is 757 g/mol. The molecule has 0 spiro atoms. The smallest absolute Gasteiger partial charge is 0.307 e. The lowest BCUT2D eigenvalue weighted by molar-refractivity contribution is -0.662. The van der Waals surface area contributed by atoms with Crippen molar-refractivity contribution in [2.75, 3.05) is 31.8 Å². The van der Waals surface area contributed by atoms with Crippen LogP contribution in [0.1, 0.15) is 29.8 Å². The van der Waals surface area contributed by atoms with Crippen LogP contribution in [-0.2, 0) is 41.9 Å². The molecule has 18 nitrogen and oxygen atoms in total. The molecule has 2 atom stereocenters. The quantitative estimate of drug-likeness (QED) is 0.0546. The first-order chi connectivity index (χ1) is 25.5. The van der Waals surface area contributed by atoms with Gasteiger partial charge < -0.3 is 41.1 Å². The van der Waals surface area contributed by atoms with E-state index in [2.05, 4.69) is 25.0 Å². The van der Waals surface area contributed by atoms with Crippen LogP contribution in [0.3, 0.4) is 0 Å². The van der Waals surface area contributed by atoms with Gasteiger partial charge >= 0.3 is 5.65 Å². The van der Waals surface area contributed by atoms with E-state index in [1.807, 2.05) is 0 Å². The Balaban J connectivity index is 1.05. The number of oxime groups is 2. The number of nitrogens with zero attached hydrogens (tertiary/aromatic N) is 8. The van der Waals surface area contributed by atoms with Gasteiger partial charge in [0.2, 0.25) is 11.5 Å². The molecule has 5 N–H and O–H groups in total. The van der Waals surface area contributed by atoms with E-state index in [0.717, 1.165) is 16.4 Å². The summed E-state index contributed by atoms with van der Waals surface area (Å²) in [6.45, 7) is 1.30. The van der Waals surface area contributed by atoms with Crippen molar-refractivity contribution in [3.05, 3.63) is 75.9 Å². The van der Waals surface area contributed by atoms with Gasteiger partial charge in [-0.1, -0.05) is 21.9 Å². The standard InChI is InChI=1S/C31H31ClFN11O7S2/c1-49-38-22(26-37-31(35)53-40-26)27(45)36-23-28(46)44-24(30(47)48)16(14-52-29(23)44)12-42-5-2-21-41(6-7-43(21)42)13-18-19(32)10-15(11-20(18)33)25(34)39-51-17-3-8-50-9-4-17/h2,5-7,10-11,17,23,29H,3-4,8-9,12-14H2,1H3,(H5-,34,35,36,37,39,40,45,47,48)/b38-22-/t23-,29-/m1/s1. The molecule has 0 bridgehead atoms. The van der Waals surface area contributed by atoms with Crippen LogP contribution < -0.4 is 26.5 Å². The van der Waals surface area contributed by atoms with Crippen LogP contribution in [0.5, 0.6) is 0 Å². The molecule has 2 saturated heterocycles. The average Bonchev–Trinajstić information content (AvgIpc) is 3.87. The summed E-state index contributed by atoms with van der Waals surface area (Å²) in [4.78, 5) is 54.1. The van der Waals surface area contributed by atoms with Crippen LogP contribution in [0.15, 0.2) is 58.4 Å². The lowest BCUT2D eigenvalue weighted by atomic mass is 10.0. The van der Waals surface area contributed by atoms with Crippen molar-refractivity contribution in [3.63, 3.8) is 0 Å². The largest absolute Gasteiger partial charge is 0.543 e. The molecule has 2 amide bonds. The van der Waals surface area contributed by atoms with Gasteiger partial charge in [0.05, 0.1) is 48.7 Å². The van der Waals surface area contributed by atoms with Crippen LogP contribution in [0.2, 0.25) is 5.02 Å². The van der Waals surface area contributed by atoms with Crippen LogP contribution in [0.25, 0.3) is 5.65 Å². The summed E-state index contributed by atoms with van der Waals surface area (Å²) < 4.78 is 30.0. The number of benzene rings is 1. The number of hydrogen-bond acceptors (Lipinski definition) is 14. The summed E-state index contributed by atoms with van der Waals surface area (Å²) in [5.41, 5.74) is 12.7. The fourth-order valence-electron chi connectivity index (χ4n) is 6.15. The topological polar surface area (TPSA) is 233 Å². The third kappa shape index (κ3) is 7.11. The van der Waals surface area contributed by atoms with E-state index in [1.54, 1.807) is 38.4 Å². The number of amides is 2. The molecule has 53 heavy (non-hydrogen) atoms. The number of carboxylic acids is 1. The number of anilines is 1. The third-order valence-corrected chi connectivity index (χ3v) is 11.0. The number of hydrogen-bond donors (Lipinski definition) is 3. The first kappa shape index (κ1) is 36.1. The highest BCUT2D eigenvalue weighted by Crippen LogP contribution is 2.40. The Morgan fingerprint density at radius 2 is 2.06 bits per heavy atom. The van der Waals surface area contributed by atoms with Crippen LogP contribution >= 0.6 is 34.9 Å². The number of nitrogens with two attached hydrogens (primary N) is 2. The summed E-state index contributed by atoms with van der Waals surface area (Å²) in [5, 5.41) is 22.2. The van der Waals surface area contributed by atoms with E-state index in [4.69, 9.17) is 37.5 Å². The summed E-state index contributed by atoms with van der Waals surface area (Å²) in [7, 11) is 1.23. The molecule has 0 radical (unpaired) electrons. The highest BCUT2D eigenvalue weighted by Gasteiger charge is 2.53. The Morgan fingerprint density at radius 3 is 2.75 bits per heavy atom. The SMILES string of the molecule is CO/N=C(\C(=O)N[C@@H]1C(=O)N2C(C(=O)[O-])=C(Cn3ccc4n3cc[n+]4Cc3c(F)cc(/C(N)=N/OC4CCOCC4)cc3Cl)CS[C@H]12)c1nsc(N)n1. The second-order valence-electron chi connectivity index (χ2n) is 12.0. The number of aliphatic carboxylic acids is 1. The number of aromatic nitrogens is 5. The van der Waals surface area contributed by atoms with E-state index in [9.17, 15) is 19.5 Å². The van der Waals surface area contributed by atoms with Gasteiger partial charge in [-0.3, -0.25) is 14.5 Å². The Kier molecular flexibility index (Phi) is 10.2. The van der Waals surface area contributed by atoms with Gasteiger partial charge in [0.15, 0.2) is 17.2 Å². The Bertz CT molecular complexity index is 2170. The monoisotopic (exact) mass is 787 g/mol. The number of halogens is 2. The van der Waals surface area contributed by atoms with Gasteiger partial charge in [-0.15, -0.1) is 16.3 Å². The van der Waals surface area contributed by atoms with Gasteiger partial charge in [-0.05, 0) is 17.7 Å². The molecule has 7 rings (SSSR count). The minimum Gasteiger partial charge on any atom is -0.543 e. The molecule has 6 heterocycles. The Labute approximate surface area is 312 Å². The number of carbonyl (C=O) groups excluding carboxylic acids is 3. The average molecular weight is 788 g/mol. The summed E-state index contributed by atoms with van der Waals surface area (Å²) in [6.07, 6.45) is 6.43. The van der Waals surface area contributed by atoms with E-state index < -0.39 is 35.0 Å². The first-order valence-electron chi connectivity index (χ1n) is 16.0. The molecule has 278 valence electrons. The highest BCUT2D eigenvalue weighted by molar-refractivity contribution is 8.00. The van der Waals surface area contributed by atoms with E-state index in [-0.39, 0.29) is 69.3 Å². The van der Waals surface area contributed by atoms with Gasteiger partial charge in [0, 0.05) is 41.3 Å². The summed E-state index contributed by atoms with van der Waals surface area (Å²) in [6, 6.07) is 3.50. The fraction of sp³-hybridized carbons (Fsp3) is 0.355. The molecule has 3 aliphatic rings. The highest BCUT2D eigenvalue weighted by atomic mass is 35.5. The van der Waals surface area contributed by atoms with Crippen molar-refractivity contribution in [1.82, 2.24) is 28.8 Å². The number of amidine groups is 1. The molecule has 1 aromatic carbocycles. The number of β-lactam (4-membered cyclic amide) rings is 1. The lowest BCUT2D eigenvalue weighted by Gasteiger charge is -2.50. The minimum atomic E-state index is -1.53. The molecule has 3 aromatic heterocycles. The minimum absolute atomic E-state index is 0.00155. The number of thioether (sulfide) groups is 1. The second-order valence-corrected chi connectivity index (χ2v) is 14.3. The van der Waals surface area contributed by atoms with Gasteiger partial charge in [-0.2, -0.15) is 9.36 Å². The third-order valence-electron chi connectivity index (χ3n) is 8.75. The molecule has 2 fully saturated rings. The van der Waals surface area contributed by atoms with E-state index in [0.29, 0.717) is 37.3 Å². The van der Waals surface area contributed by atoms with Crippen molar-refractivity contribution in [2.24, 2.45) is 16.0 Å². The summed E-state index contributed by atoms with van der Waals surface area (Å²) >= 11 is 8.66. The number of ether oxygens (including phenoxy) is 1. The molecular formula is C31H31ClFN11O7S2. The Hall–Kier alpha value is -5.25. The van der Waals surface area contributed by atoms with Crippen LogP contribution in [-0.4, -0.2) is 96.4 Å². The number of carbonyl (C=O) groups is 3. The number of nitrogens with one attached hydrogen (secondary N) is 1. The molecule has 4 aromatic rings. The lowest BCUT2D eigenvalue weighted by Crippen LogP contribution is -2.71. The second kappa shape index (κ2) is 15.0. The van der Waals surface area contributed by atoms with Crippen molar-refractivity contribution in [3.8, 4) is 0 Å². The first-order valence-corrected chi connectivity index (χ1v) is 18.2. The maximum absolute atomic E-state index is 15.4. The molecule has 0 unspecified atom stereocenters. The molecule has 22 heteroatoms. The number of imidazole rings is 1. The van der Waals surface area contributed by atoms with Crippen molar-refractivity contribution in [1.29, 1.82) is 0 Å². The molecule has 0 saturated carbocycles. The van der Waals surface area contributed by atoms with Gasteiger partial charge in [0.1, 0.15) is 43.2 Å². The zero-order valence-corrected chi connectivity index (χ0v) is 30.2. The normalized spacial score (nSPS) is 19.7. The van der Waals surface area contributed by atoms with Crippen LogP contribution in [0.4, 0.5) is 9.52 Å². The number of fused-ring (bicyclic) bond motifs is 2. The van der Waals surface area contributed by atoms with Crippen molar-refractivity contribution < 1.29 is 42.9 Å². The zero-order chi connectivity index (χ0) is 37.4. The van der Waals surface area contributed by atoms with Gasteiger partial charge in [-0.25, -0.2) is 13.6 Å². The zero-order valence-electron chi connectivity index (χ0n) is 27.8. The predicted octanol–water partition coefficient (Wildman–Crippen LogP) is -0.427. The predicted molar refractivity (Wildman–Crippen MR) is 187 cm³/mol. The number of nitrogen functional groups attached to an aromatic ring is 1. The Morgan fingerprint density at radius 1 is 1.26 bits per heavy atom. The van der Waals surface area contributed by atoms with E-state index in [1.165, 1.54) is 31.0 Å². The number of carboxylic acid groups (broad SMARTS) is 1. The van der Waals surface area contributed by atoms with E-state index >= 15 is 4.39 Å². The summed E-state index contributed by atoms with van der Waals surface area (Å²) in [5.74, 6) is -3.42. The molecule has 0 aliphatic carbocycles. The van der Waals surface area contributed by atoms with Crippen molar-refractivity contribution >= 4 is 75.0 Å². The van der Waals surface area contributed by atoms with Crippen molar-refractivity contribution in [2.45, 2.75) is 43.5 Å². The van der Waals surface area contributed by atoms with Gasteiger partial charge in [0.25, 0.3) is 11.8 Å². The van der Waals surface area contributed by atoms with Crippen LogP contribution in [0, 0.1) is 5.82 Å². The maximum Gasteiger partial charge on any atom is 0.307 e.